The molecule has 0 bridgehead atoms. The first-order chi connectivity index (χ1) is 10.5. The number of phenolic OH excluding ortho intramolecular Hbond substituents is 1. The molecule has 0 saturated carbocycles. The summed E-state index contributed by atoms with van der Waals surface area (Å²) in [4.78, 5) is 16.0. The molecular formula is C16H25N3O3. The highest BCUT2D eigenvalue weighted by Crippen LogP contribution is 2.21. The van der Waals surface area contributed by atoms with E-state index < -0.39 is 12.0 Å². The van der Waals surface area contributed by atoms with Crippen molar-refractivity contribution in [2.24, 2.45) is 5.73 Å². The third kappa shape index (κ3) is 4.43. The van der Waals surface area contributed by atoms with Crippen molar-refractivity contribution in [2.75, 3.05) is 40.3 Å². The van der Waals surface area contributed by atoms with Crippen LogP contribution in [0, 0.1) is 0 Å². The third-order valence-electron chi connectivity index (χ3n) is 4.09. The number of carbonyl (C=O) groups excluding carboxylic acids is 1. The first kappa shape index (κ1) is 16.7. The van der Waals surface area contributed by atoms with Gasteiger partial charge in [-0.1, -0.05) is 12.1 Å². The van der Waals surface area contributed by atoms with Crippen LogP contribution in [0.2, 0.25) is 0 Å². The minimum Gasteiger partial charge on any atom is -0.508 e. The summed E-state index contributed by atoms with van der Waals surface area (Å²) in [6, 6.07) is 4.72. The van der Waals surface area contributed by atoms with E-state index in [0.717, 1.165) is 37.3 Å². The molecule has 0 radical (unpaired) electrons. The summed E-state index contributed by atoms with van der Waals surface area (Å²) >= 11 is 0. The molecule has 1 saturated heterocycles. The van der Waals surface area contributed by atoms with E-state index in [1.54, 1.807) is 12.1 Å². The quantitative estimate of drug-likeness (QED) is 0.756. The molecule has 1 unspecified atom stereocenters. The van der Waals surface area contributed by atoms with Gasteiger partial charge >= 0.3 is 5.97 Å². The predicted molar refractivity (Wildman–Crippen MR) is 84.6 cm³/mol. The number of ether oxygens (including phenoxy) is 1. The maximum atomic E-state index is 11.4. The van der Waals surface area contributed by atoms with Crippen LogP contribution in [0.5, 0.6) is 5.75 Å². The van der Waals surface area contributed by atoms with E-state index in [1.807, 2.05) is 6.07 Å². The molecule has 1 aromatic carbocycles. The zero-order chi connectivity index (χ0) is 16.1. The molecule has 1 aromatic rings. The van der Waals surface area contributed by atoms with Gasteiger partial charge in [-0.05, 0) is 25.1 Å². The first-order valence-corrected chi connectivity index (χ1v) is 7.54. The zero-order valence-corrected chi connectivity index (χ0v) is 13.3. The van der Waals surface area contributed by atoms with E-state index in [4.69, 9.17) is 5.73 Å². The van der Waals surface area contributed by atoms with Gasteiger partial charge in [0.2, 0.25) is 0 Å². The summed E-state index contributed by atoms with van der Waals surface area (Å²) in [6.07, 6.45) is 0.405. The van der Waals surface area contributed by atoms with Crippen molar-refractivity contribution in [1.29, 1.82) is 0 Å². The second-order valence-corrected chi connectivity index (χ2v) is 5.88. The van der Waals surface area contributed by atoms with Gasteiger partial charge in [0, 0.05) is 38.3 Å². The van der Waals surface area contributed by atoms with E-state index in [1.165, 1.54) is 7.11 Å². The lowest BCUT2D eigenvalue weighted by atomic mass is 10.0. The van der Waals surface area contributed by atoms with Crippen LogP contribution in [0.25, 0.3) is 0 Å². The number of esters is 1. The van der Waals surface area contributed by atoms with E-state index in [9.17, 15) is 9.90 Å². The lowest BCUT2D eigenvalue weighted by molar-refractivity contribution is -0.142. The molecule has 0 aromatic heterocycles. The van der Waals surface area contributed by atoms with E-state index in [-0.39, 0.29) is 5.75 Å². The predicted octanol–water partition coefficient (Wildman–Crippen LogP) is 0.182. The SMILES string of the molecule is COC(=O)C(N)Cc1ccc(O)c(CN2CCN(C)CC2)c1. The Morgan fingerprint density at radius 1 is 1.36 bits per heavy atom. The summed E-state index contributed by atoms with van der Waals surface area (Å²) in [5.41, 5.74) is 7.60. The smallest absolute Gasteiger partial charge is 0.322 e. The number of rotatable bonds is 5. The lowest BCUT2D eigenvalue weighted by Gasteiger charge is -2.32. The van der Waals surface area contributed by atoms with Crippen molar-refractivity contribution in [1.82, 2.24) is 9.80 Å². The van der Waals surface area contributed by atoms with Crippen molar-refractivity contribution >= 4 is 5.97 Å². The topological polar surface area (TPSA) is 79.0 Å². The van der Waals surface area contributed by atoms with Crippen LogP contribution in [0.15, 0.2) is 18.2 Å². The second kappa shape index (κ2) is 7.58. The fraction of sp³-hybridized carbons (Fsp3) is 0.562. The van der Waals surface area contributed by atoms with Crippen LogP contribution in [0.1, 0.15) is 11.1 Å². The van der Waals surface area contributed by atoms with Crippen LogP contribution < -0.4 is 5.73 Å². The highest BCUT2D eigenvalue weighted by molar-refractivity contribution is 5.75. The van der Waals surface area contributed by atoms with Gasteiger partial charge in [-0.15, -0.1) is 0 Å². The number of benzene rings is 1. The van der Waals surface area contributed by atoms with Crippen molar-refractivity contribution in [2.45, 2.75) is 19.0 Å². The van der Waals surface area contributed by atoms with Gasteiger partial charge in [-0.3, -0.25) is 9.69 Å². The molecule has 6 heteroatoms. The van der Waals surface area contributed by atoms with E-state index in [0.29, 0.717) is 13.0 Å². The molecule has 22 heavy (non-hydrogen) atoms. The highest BCUT2D eigenvalue weighted by Gasteiger charge is 2.17. The second-order valence-electron chi connectivity index (χ2n) is 5.88. The van der Waals surface area contributed by atoms with Crippen molar-refractivity contribution in [3.8, 4) is 5.75 Å². The standard InChI is InChI=1S/C16H25N3O3/c1-18-5-7-19(8-6-18)11-13-9-12(3-4-15(13)20)10-14(17)16(21)22-2/h3-4,9,14,20H,5-8,10-11,17H2,1-2H3. The summed E-state index contributed by atoms with van der Waals surface area (Å²) < 4.78 is 4.64. The maximum Gasteiger partial charge on any atom is 0.322 e. The molecule has 1 fully saturated rings. The van der Waals surface area contributed by atoms with E-state index in [2.05, 4.69) is 21.6 Å². The maximum absolute atomic E-state index is 11.4. The van der Waals surface area contributed by atoms with Crippen LogP contribution in [0.4, 0.5) is 0 Å². The Morgan fingerprint density at radius 2 is 2.05 bits per heavy atom. The number of methoxy groups -OCH3 is 1. The van der Waals surface area contributed by atoms with Gasteiger partial charge < -0.3 is 20.5 Å². The number of hydrogen-bond donors (Lipinski definition) is 2. The van der Waals surface area contributed by atoms with Gasteiger partial charge in [-0.2, -0.15) is 0 Å². The lowest BCUT2D eigenvalue weighted by Crippen LogP contribution is -2.43. The number of piperazine rings is 1. The fourth-order valence-electron chi connectivity index (χ4n) is 2.63. The molecule has 2 rings (SSSR count). The number of carbonyl (C=O) groups is 1. The molecule has 1 aliphatic rings. The zero-order valence-electron chi connectivity index (χ0n) is 13.3. The Morgan fingerprint density at radius 3 is 2.68 bits per heavy atom. The summed E-state index contributed by atoms with van der Waals surface area (Å²) in [7, 11) is 3.45. The Labute approximate surface area is 131 Å². The van der Waals surface area contributed by atoms with Gasteiger partial charge in [0.15, 0.2) is 0 Å². The molecule has 3 N–H and O–H groups in total. The molecule has 6 nitrogen and oxygen atoms in total. The molecule has 1 heterocycles. The summed E-state index contributed by atoms with van der Waals surface area (Å²) in [5.74, 6) is -0.136. The number of likely N-dealkylation sites (N-methyl/N-ethyl adjacent to an activating group) is 1. The molecule has 1 atom stereocenters. The fourth-order valence-corrected chi connectivity index (χ4v) is 2.63. The Hall–Kier alpha value is -1.63. The number of aromatic hydroxyl groups is 1. The van der Waals surface area contributed by atoms with Gasteiger partial charge in [0.05, 0.1) is 7.11 Å². The summed E-state index contributed by atoms with van der Waals surface area (Å²) in [5, 5.41) is 10.0. The highest BCUT2D eigenvalue weighted by atomic mass is 16.5. The Bertz CT molecular complexity index is 513. The van der Waals surface area contributed by atoms with Gasteiger partial charge in [0.25, 0.3) is 0 Å². The normalized spacial score (nSPS) is 18.1. The van der Waals surface area contributed by atoms with E-state index >= 15 is 0 Å². The van der Waals surface area contributed by atoms with Gasteiger partial charge in [0.1, 0.15) is 11.8 Å². The van der Waals surface area contributed by atoms with Crippen molar-refractivity contribution in [3.63, 3.8) is 0 Å². The minimum absolute atomic E-state index is 0.286. The van der Waals surface area contributed by atoms with Crippen LogP contribution in [-0.2, 0) is 22.5 Å². The monoisotopic (exact) mass is 307 g/mol. The van der Waals surface area contributed by atoms with Gasteiger partial charge in [-0.25, -0.2) is 0 Å². The number of phenols is 1. The average Bonchev–Trinajstić information content (AvgIpc) is 2.51. The third-order valence-corrected chi connectivity index (χ3v) is 4.09. The van der Waals surface area contributed by atoms with Crippen LogP contribution >= 0.6 is 0 Å². The molecule has 122 valence electrons. The average molecular weight is 307 g/mol. The van der Waals surface area contributed by atoms with Crippen molar-refractivity contribution in [3.05, 3.63) is 29.3 Å². The number of nitrogens with two attached hydrogens (primary N) is 1. The minimum atomic E-state index is -0.675. The molecule has 0 aliphatic carbocycles. The van der Waals surface area contributed by atoms with Crippen molar-refractivity contribution < 1.29 is 14.6 Å². The van der Waals surface area contributed by atoms with Crippen LogP contribution in [-0.4, -0.2) is 67.3 Å². The number of nitrogens with zero attached hydrogens (tertiary/aromatic N) is 2. The Balaban J connectivity index is 2.02. The molecule has 0 amide bonds. The summed E-state index contributed by atoms with van der Waals surface area (Å²) in [6.45, 7) is 4.76. The molecule has 1 aliphatic heterocycles. The first-order valence-electron chi connectivity index (χ1n) is 7.54. The largest absolute Gasteiger partial charge is 0.508 e. The molecular weight excluding hydrogens is 282 g/mol. The Kier molecular flexibility index (Phi) is 5.76. The number of hydrogen-bond acceptors (Lipinski definition) is 6. The van der Waals surface area contributed by atoms with Crippen LogP contribution in [0.3, 0.4) is 0 Å². The molecule has 0 spiro atoms.